The van der Waals surface area contributed by atoms with Crippen LogP contribution in [0.25, 0.3) is 31.9 Å². The van der Waals surface area contributed by atoms with Crippen LogP contribution in [0.1, 0.15) is 70.6 Å². The monoisotopic (exact) mass is 694 g/mol. The SMILES string of the molecule is O=C1c2c(nc(CCc3ccc(F)cc3)c(-c3noc(=O)[nH]3)c2-c2cc3ccnc(N4CCC[C@@H]4c4ccc(F)c(F)c4)c3s2)[C@H]2CCCN12. The molecule has 4 aromatic heterocycles. The van der Waals surface area contributed by atoms with E-state index >= 15 is 0 Å². The summed E-state index contributed by atoms with van der Waals surface area (Å²) in [5, 5.41) is 4.98. The van der Waals surface area contributed by atoms with Crippen LogP contribution >= 0.6 is 11.3 Å². The standard InChI is InChI=1S/C37H29F3N6O3S/c38-22-9-5-19(6-10-22)7-12-25-29(34-43-37(48)49-44-34)30(31-32(42-25)27-4-2-16-46(27)36(31)47)28-18-21-13-14-41-35(33(21)50-28)45-15-1-3-26(45)20-8-11-23(39)24(40)17-20/h5-6,8-11,13-14,17-18,26-27H,1-4,7,12,15-16H2,(H,43,44,48)/t26-,27-/m1/s1. The number of aromatic amines is 1. The molecule has 1 N–H and O–H groups in total. The van der Waals surface area contributed by atoms with E-state index in [0.29, 0.717) is 59.6 Å². The Bertz CT molecular complexity index is 2370. The molecule has 0 saturated carbocycles. The van der Waals surface area contributed by atoms with Gasteiger partial charge in [-0.25, -0.2) is 22.9 Å². The molecule has 0 bridgehead atoms. The second kappa shape index (κ2) is 11.9. The molecular weight excluding hydrogens is 666 g/mol. The number of thiophene rings is 1. The van der Waals surface area contributed by atoms with Crippen LogP contribution in [0.15, 0.2) is 70.1 Å². The Balaban J connectivity index is 1.23. The maximum absolute atomic E-state index is 14.3. The molecule has 9 rings (SSSR count). The molecule has 0 aliphatic carbocycles. The summed E-state index contributed by atoms with van der Waals surface area (Å²) in [5.74, 6) is -2.05. The number of carbonyl (C=O) groups is 1. The molecule has 2 aromatic carbocycles. The fraction of sp³-hybridized carbons (Fsp3) is 0.270. The smallest absolute Gasteiger partial charge is 0.348 e. The predicted molar refractivity (Wildman–Crippen MR) is 181 cm³/mol. The van der Waals surface area contributed by atoms with E-state index < -0.39 is 17.4 Å². The number of halogens is 3. The summed E-state index contributed by atoms with van der Waals surface area (Å²) in [6.07, 6.45) is 5.97. The van der Waals surface area contributed by atoms with Crippen LogP contribution in [0.2, 0.25) is 0 Å². The van der Waals surface area contributed by atoms with E-state index in [-0.39, 0.29) is 29.6 Å². The van der Waals surface area contributed by atoms with Crippen molar-refractivity contribution in [2.45, 2.75) is 50.6 Å². The molecule has 0 radical (unpaired) electrons. The number of pyridine rings is 2. The number of amides is 1. The van der Waals surface area contributed by atoms with E-state index in [1.165, 1.54) is 29.5 Å². The molecule has 50 heavy (non-hydrogen) atoms. The molecular formula is C37H29F3N6O3S. The molecule has 3 aliphatic heterocycles. The zero-order chi connectivity index (χ0) is 34.1. The molecule has 252 valence electrons. The van der Waals surface area contributed by atoms with Gasteiger partial charge in [-0.15, -0.1) is 11.3 Å². The number of rotatable bonds is 7. The van der Waals surface area contributed by atoms with E-state index in [9.17, 15) is 22.8 Å². The topological polar surface area (TPSA) is 108 Å². The molecule has 2 fully saturated rings. The molecule has 7 heterocycles. The largest absolute Gasteiger partial charge is 0.439 e. The van der Waals surface area contributed by atoms with Gasteiger partial charge in [0.25, 0.3) is 5.91 Å². The van der Waals surface area contributed by atoms with E-state index in [4.69, 9.17) is 14.5 Å². The fourth-order valence-corrected chi connectivity index (χ4v) is 9.07. The summed E-state index contributed by atoms with van der Waals surface area (Å²) < 4.78 is 47.7. The normalized spacial score (nSPS) is 18.4. The number of benzene rings is 2. The fourth-order valence-electron chi connectivity index (χ4n) is 7.85. The number of nitrogens with zero attached hydrogens (tertiary/aromatic N) is 5. The van der Waals surface area contributed by atoms with Crippen LogP contribution in [0.4, 0.5) is 19.0 Å². The number of fused-ring (bicyclic) bond motifs is 4. The average molecular weight is 695 g/mol. The van der Waals surface area contributed by atoms with Gasteiger partial charge >= 0.3 is 5.76 Å². The molecule has 6 aromatic rings. The molecule has 0 spiro atoms. The minimum absolute atomic E-state index is 0.115. The number of aryl methyl sites for hydroxylation is 2. The Morgan fingerprint density at radius 2 is 1.66 bits per heavy atom. The first kappa shape index (κ1) is 30.7. The van der Waals surface area contributed by atoms with Gasteiger partial charge in [-0.05, 0) is 91.4 Å². The third-order valence-corrected chi connectivity index (χ3v) is 11.3. The first-order chi connectivity index (χ1) is 24.3. The summed E-state index contributed by atoms with van der Waals surface area (Å²) in [7, 11) is 0. The van der Waals surface area contributed by atoms with Crippen molar-refractivity contribution < 1.29 is 22.5 Å². The van der Waals surface area contributed by atoms with Crippen molar-refractivity contribution in [3.8, 4) is 21.8 Å². The lowest BCUT2D eigenvalue weighted by Crippen LogP contribution is -2.23. The number of aromatic nitrogens is 4. The van der Waals surface area contributed by atoms with Gasteiger partial charge in [0.1, 0.15) is 11.6 Å². The molecule has 2 atom stereocenters. The second-order valence-electron chi connectivity index (χ2n) is 13.0. The molecule has 13 heteroatoms. The van der Waals surface area contributed by atoms with Crippen LogP contribution in [0.3, 0.4) is 0 Å². The highest BCUT2D eigenvalue weighted by Crippen LogP contribution is 2.51. The molecule has 2 saturated heterocycles. The van der Waals surface area contributed by atoms with E-state index in [2.05, 4.69) is 15.0 Å². The number of anilines is 1. The van der Waals surface area contributed by atoms with Gasteiger partial charge in [-0.2, -0.15) is 0 Å². The van der Waals surface area contributed by atoms with Gasteiger partial charge in [0.05, 0.1) is 39.3 Å². The number of carbonyl (C=O) groups excluding carboxylic acids is 1. The highest BCUT2D eigenvalue weighted by atomic mass is 32.1. The van der Waals surface area contributed by atoms with Crippen molar-refractivity contribution in [3.63, 3.8) is 0 Å². The Hall–Kier alpha value is -5.30. The van der Waals surface area contributed by atoms with E-state index in [1.807, 2.05) is 17.0 Å². The number of hydrogen-bond acceptors (Lipinski definition) is 8. The lowest BCUT2D eigenvalue weighted by atomic mass is 9.92. The quantitative estimate of drug-likeness (QED) is 0.184. The van der Waals surface area contributed by atoms with Gasteiger partial charge in [-0.3, -0.25) is 19.3 Å². The van der Waals surface area contributed by atoms with Crippen LogP contribution in [-0.4, -0.2) is 44.0 Å². The summed E-state index contributed by atoms with van der Waals surface area (Å²) in [5.41, 5.74) is 4.56. The van der Waals surface area contributed by atoms with Crippen LogP contribution in [-0.2, 0) is 12.8 Å². The lowest BCUT2D eigenvalue weighted by Gasteiger charge is -2.26. The summed E-state index contributed by atoms with van der Waals surface area (Å²) in [6, 6.07) is 13.9. The summed E-state index contributed by atoms with van der Waals surface area (Å²) in [4.78, 5) is 43.9. The molecule has 1 amide bonds. The Morgan fingerprint density at radius 1 is 0.860 bits per heavy atom. The van der Waals surface area contributed by atoms with Gasteiger partial charge in [0, 0.05) is 29.7 Å². The minimum Gasteiger partial charge on any atom is -0.348 e. The van der Waals surface area contributed by atoms with Gasteiger partial charge in [-0.1, -0.05) is 23.4 Å². The van der Waals surface area contributed by atoms with Crippen molar-refractivity contribution >= 4 is 33.1 Å². The van der Waals surface area contributed by atoms with Gasteiger partial charge < -0.3 is 9.80 Å². The lowest BCUT2D eigenvalue weighted by molar-refractivity contribution is 0.0776. The summed E-state index contributed by atoms with van der Waals surface area (Å²) >= 11 is 1.47. The summed E-state index contributed by atoms with van der Waals surface area (Å²) in [6.45, 7) is 1.31. The number of H-pyrrole nitrogens is 1. The Kier molecular flexibility index (Phi) is 7.34. The van der Waals surface area contributed by atoms with Gasteiger partial charge in [0.2, 0.25) is 0 Å². The number of hydrogen-bond donors (Lipinski definition) is 1. The first-order valence-corrected chi connectivity index (χ1v) is 17.4. The van der Waals surface area contributed by atoms with Crippen LogP contribution in [0, 0.1) is 17.5 Å². The maximum Gasteiger partial charge on any atom is 0.439 e. The van der Waals surface area contributed by atoms with Gasteiger partial charge in [0.15, 0.2) is 17.5 Å². The van der Waals surface area contributed by atoms with Crippen LogP contribution in [0.5, 0.6) is 0 Å². The van der Waals surface area contributed by atoms with Crippen molar-refractivity contribution in [1.82, 2.24) is 25.0 Å². The average Bonchev–Trinajstić information content (AvgIpc) is 3.96. The van der Waals surface area contributed by atoms with Crippen molar-refractivity contribution in [1.29, 1.82) is 0 Å². The second-order valence-corrected chi connectivity index (χ2v) is 14.0. The molecule has 9 nitrogen and oxygen atoms in total. The van der Waals surface area contributed by atoms with E-state index in [0.717, 1.165) is 58.1 Å². The van der Waals surface area contributed by atoms with E-state index in [1.54, 1.807) is 24.4 Å². The maximum atomic E-state index is 14.3. The highest BCUT2D eigenvalue weighted by Gasteiger charge is 2.45. The zero-order valence-corrected chi connectivity index (χ0v) is 27.4. The predicted octanol–water partition coefficient (Wildman–Crippen LogP) is 7.54. The molecule has 3 aliphatic rings. The third-order valence-electron chi connectivity index (χ3n) is 10.1. The minimum atomic E-state index is -0.886. The van der Waals surface area contributed by atoms with Crippen molar-refractivity contribution in [2.75, 3.05) is 18.0 Å². The Morgan fingerprint density at radius 3 is 2.44 bits per heavy atom. The number of nitrogens with one attached hydrogen (secondary N) is 1. The van der Waals surface area contributed by atoms with Crippen molar-refractivity contribution in [3.05, 3.63) is 117 Å². The zero-order valence-electron chi connectivity index (χ0n) is 26.6. The third kappa shape index (κ3) is 5.01. The Labute approximate surface area is 287 Å². The highest BCUT2D eigenvalue weighted by molar-refractivity contribution is 7.23. The first-order valence-electron chi connectivity index (χ1n) is 16.6. The molecule has 0 unspecified atom stereocenters. The van der Waals surface area contributed by atoms with Crippen LogP contribution < -0.4 is 10.7 Å². The van der Waals surface area contributed by atoms with Crippen molar-refractivity contribution in [2.24, 2.45) is 0 Å².